The summed E-state index contributed by atoms with van der Waals surface area (Å²) in [6, 6.07) is 7.19. The zero-order chi connectivity index (χ0) is 17.0. The minimum atomic E-state index is -0.577. The topological polar surface area (TPSA) is 44.8 Å². The van der Waals surface area contributed by atoms with Crippen molar-refractivity contribution >= 4 is 22.8 Å². The number of halogens is 1. The summed E-state index contributed by atoms with van der Waals surface area (Å²) < 4.78 is 30.4. The highest BCUT2D eigenvalue weighted by Gasteiger charge is 2.20. The Bertz CT molecular complexity index is 765. The number of carbonyl (C=O) groups excluding carboxylic acids is 1. The second-order valence-electron chi connectivity index (χ2n) is 4.89. The fourth-order valence-corrected chi connectivity index (χ4v) is 2.43. The third kappa shape index (κ3) is 3.13. The lowest BCUT2D eigenvalue weighted by molar-refractivity contribution is -0.138. The van der Waals surface area contributed by atoms with E-state index in [0.717, 1.165) is 0 Å². The molecule has 0 spiro atoms. The summed E-state index contributed by atoms with van der Waals surface area (Å²) in [5.74, 6) is -0.611. The van der Waals surface area contributed by atoms with Gasteiger partial charge in [-0.3, -0.25) is 0 Å². The number of hydrogen-bond acceptors (Lipinski definition) is 4. The second kappa shape index (κ2) is 7.13. The Morgan fingerprint density at radius 3 is 2.22 bits per heavy atom. The molecule has 0 aliphatic carbocycles. The minimum absolute atomic E-state index is 0.115. The summed E-state index contributed by atoms with van der Waals surface area (Å²) >= 11 is 0. The van der Waals surface area contributed by atoms with Gasteiger partial charge in [0.2, 0.25) is 0 Å². The van der Waals surface area contributed by atoms with Gasteiger partial charge < -0.3 is 14.2 Å². The van der Waals surface area contributed by atoms with Crippen molar-refractivity contribution in [3.63, 3.8) is 0 Å². The first-order chi connectivity index (χ1) is 11.0. The third-order valence-corrected chi connectivity index (χ3v) is 3.46. The first kappa shape index (κ1) is 16.8. The highest BCUT2D eigenvalue weighted by atomic mass is 19.1. The first-order valence-electron chi connectivity index (χ1n) is 7.22. The van der Waals surface area contributed by atoms with E-state index < -0.39 is 11.8 Å². The van der Waals surface area contributed by atoms with Gasteiger partial charge in [0.1, 0.15) is 5.75 Å². The molecule has 0 fully saturated rings. The van der Waals surface area contributed by atoms with Crippen molar-refractivity contribution in [1.29, 1.82) is 0 Å². The Morgan fingerprint density at radius 1 is 1.13 bits per heavy atom. The first-order valence-corrected chi connectivity index (χ1v) is 7.22. The Labute approximate surface area is 134 Å². The molecular weight excluding hydrogens is 299 g/mol. The number of carbonyl (C=O) groups is 1. The predicted octanol–water partition coefficient (Wildman–Crippen LogP) is 3.96. The number of esters is 1. The number of benzene rings is 2. The van der Waals surface area contributed by atoms with Gasteiger partial charge in [-0.25, -0.2) is 9.18 Å². The maximum absolute atomic E-state index is 14.9. The summed E-state index contributed by atoms with van der Waals surface area (Å²) in [4.78, 5) is 11.8. The molecule has 0 amide bonds. The Balaban J connectivity index is 2.75. The van der Waals surface area contributed by atoms with Crippen LogP contribution in [0.15, 0.2) is 29.8 Å². The molecule has 0 radical (unpaired) electrons. The molecular formula is C18H19FO4. The van der Waals surface area contributed by atoms with Crippen LogP contribution in [0.25, 0.3) is 16.8 Å². The van der Waals surface area contributed by atoms with E-state index in [0.29, 0.717) is 16.5 Å². The van der Waals surface area contributed by atoms with Gasteiger partial charge in [0, 0.05) is 16.3 Å². The molecule has 0 aliphatic rings. The molecule has 2 rings (SSSR count). The summed E-state index contributed by atoms with van der Waals surface area (Å²) in [5, 5.41) is 1.31. The lowest BCUT2D eigenvalue weighted by atomic mass is 10.0. The van der Waals surface area contributed by atoms with Crippen LogP contribution < -0.4 is 9.47 Å². The molecule has 0 aliphatic heterocycles. The molecule has 2 aromatic carbocycles. The lowest BCUT2D eigenvalue weighted by Crippen LogP contribution is -2.06. The number of hydrogen-bond donors (Lipinski definition) is 0. The van der Waals surface area contributed by atoms with Crippen LogP contribution in [0, 0.1) is 5.82 Å². The van der Waals surface area contributed by atoms with E-state index >= 15 is 0 Å². The maximum Gasteiger partial charge on any atom is 0.333 e. The molecule has 122 valence electrons. The van der Waals surface area contributed by atoms with Crippen molar-refractivity contribution in [2.45, 2.75) is 13.8 Å². The highest BCUT2D eigenvalue weighted by molar-refractivity contribution is 5.99. The summed E-state index contributed by atoms with van der Waals surface area (Å²) in [6.07, 6.45) is 1.42. The zero-order valence-electron chi connectivity index (χ0n) is 13.6. The van der Waals surface area contributed by atoms with Crippen molar-refractivity contribution in [3.8, 4) is 11.5 Å². The lowest BCUT2D eigenvalue weighted by Gasteiger charge is -2.15. The number of ether oxygens (including phenoxy) is 3. The molecule has 0 aromatic heterocycles. The van der Waals surface area contributed by atoms with Crippen molar-refractivity contribution < 1.29 is 23.4 Å². The number of fused-ring (bicyclic) bond motifs is 1. The quantitative estimate of drug-likeness (QED) is 0.618. The minimum Gasteiger partial charge on any atom is -0.495 e. The number of methoxy groups -OCH3 is 2. The van der Waals surface area contributed by atoms with E-state index in [2.05, 4.69) is 0 Å². The maximum atomic E-state index is 14.9. The standard InChI is InChI=1S/C18H19FO4/c1-5-23-18(20)11(2)10-14-15(19)17(22-4)13-9-7-6-8-12(13)16(14)21-3/h6-10H,5H2,1-4H3/b11-10+. The fraction of sp³-hybridized carbons (Fsp3) is 0.278. The van der Waals surface area contributed by atoms with Crippen LogP contribution in [-0.2, 0) is 9.53 Å². The molecule has 5 heteroatoms. The van der Waals surface area contributed by atoms with Crippen LogP contribution in [0.2, 0.25) is 0 Å². The third-order valence-electron chi connectivity index (χ3n) is 3.46. The van der Waals surface area contributed by atoms with Crippen LogP contribution in [0.4, 0.5) is 4.39 Å². The normalized spacial score (nSPS) is 11.4. The SMILES string of the molecule is CCOC(=O)/C(C)=C/c1c(F)c(OC)c2ccccc2c1OC. The predicted molar refractivity (Wildman–Crippen MR) is 87.3 cm³/mol. The van der Waals surface area contributed by atoms with Gasteiger partial charge in [-0.2, -0.15) is 0 Å². The monoisotopic (exact) mass is 318 g/mol. The van der Waals surface area contributed by atoms with E-state index in [1.165, 1.54) is 20.3 Å². The largest absolute Gasteiger partial charge is 0.495 e. The Morgan fingerprint density at radius 2 is 1.70 bits per heavy atom. The Kier molecular flexibility index (Phi) is 5.21. The molecule has 23 heavy (non-hydrogen) atoms. The highest BCUT2D eigenvalue weighted by Crippen LogP contribution is 2.40. The van der Waals surface area contributed by atoms with Crippen LogP contribution in [-0.4, -0.2) is 26.8 Å². The molecule has 0 heterocycles. The molecule has 0 atom stereocenters. The van der Waals surface area contributed by atoms with E-state index in [4.69, 9.17) is 14.2 Å². The summed E-state index contributed by atoms with van der Waals surface area (Å²) in [6.45, 7) is 3.54. The van der Waals surface area contributed by atoms with Crippen molar-refractivity contribution in [2.75, 3.05) is 20.8 Å². The van der Waals surface area contributed by atoms with Crippen LogP contribution in [0.5, 0.6) is 11.5 Å². The molecule has 0 N–H and O–H groups in total. The van der Waals surface area contributed by atoms with Gasteiger partial charge in [-0.1, -0.05) is 24.3 Å². The van der Waals surface area contributed by atoms with E-state index in [1.807, 2.05) is 12.1 Å². The fourth-order valence-electron chi connectivity index (χ4n) is 2.43. The van der Waals surface area contributed by atoms with Crippen LogP contribution in [0.1, 0.15) is 19.4 Å². The zero-order valence-corrected chi connectivity index (χ0v) is 13.6. The van der Waals surface area contributed by atoms with E-state index in [-0.39, 0.29) is 23.5 Å². The summed E-state index contributed by atoms with van der Waals surface area (Å²) in [7, 11) is 2.87. The van der Waals surface area contributed by atoms with E-state index in [9.17, 15) is 9.18 Å². The van der Waals surface area contributed by atoms with Crippen molar-refractivity contribution in [3.05, 3.63) is 41.2 Å². The van der Waals surface area contributed by atoms with Gasteiger partial charge in [0.15, 0.2) is 11.6 Å². The molecule has 0 saturated carbocycles. The van der Waals surface area contributed by atoms with Gasteiger partial charge >= 0.3 is 5.97 Å². The van der Waals surface area contributed by atoms with Crippen LogP contribution >= 0.6 is 0 Å². The summed E-state index contributed by atoms with van der Waals surface area (Å²) in [5.41, 5.74) is 0.440. The molecule has 0 bridgehead atoms. The molecule has 0 unspecified atom stereocenters. The van der Waals surface area contributed by atoms with Crippen LogP contribution in [0.3, 0.4) is 0 Å². The van der Waals surface area contributed by atoms with E-state index in [1.54, 1.807) is 26.0 Å². The van der Waals surface area contributed by atoms with Gasteiger partial charge in [0.05, 0.1) is 26.4 Å². The Hall–Kier alpha value is -2.56. The van der Waals surface area contributed by atoms with Crippen molar-refractivity contribution in [1.82, 2.24) is 0 Å². The average molecular weight is 318 g/mol. The smallest absolute Gasteiger partial charge is 0.333 e. The molecule has 4 nitrogen and oxygen atoms in total. The average Bonchev–Trinajstić information content (AvgIpc) is 2.56. The van der Waals surface area contributed by atoms with Gasteiger partial charge in [-0.05, 0) is 19.9 Å². The molecule has 2 aromatic rings. The number of rotatable bonds is 5. The van der Waals surface area contributed by atoms with Crippen molar-refractivity contribution in [2.24, 2.45) is 0 Å². The van der Waals surface area contributed by atoms with Gasteiger partial charge in [-0.15, -0.1) is 0 Å². The second-order valence-corrected chi connectivity index (χ2v) is 4.89. The van der Waals surface area contributed by atoms with Gasteiger partial charge in [0.25, 0.3) is 0 Å². The molecule has 0 saturated heterocycles.